The first-order valence-corrected chi connectivity index (χ1v) is 13.8. The molecule has 0 bridgehead atoms. The van der Waals surface area contributed by atoms with Gasteiger partial charge in [-0.3, -0.25) is 24.1 Å². The van der Waals surface area contributed by atoms with E-state index < -0.39 is 17.8 Å². The molecule has 1 aliphatic heterocycles. The summed E-state index contributed by atoms with van der Waals surface area (Å²) < 4.78 is 6.36. The fourth-order valence-corrected chi connectivity index (χ4v) is 6.77. The molecule has 0 spiro atoms. The molecule has 0 aromatic heterocycles. The molecule has 2 amide bonds. The average molecular weight is 588 g/mol. The predicted molar refractivity (Wildman–Crippen MR) is 147 cm³/mol. The smallest absolute Gasteiger partial charge is 0.238 e. The zero-order valence-corrected chi connectivity index (χ0v) is 22.8. The van der Waals surface area contributed by atoms with Gasteiger partial charge in [-0.25, -0.2) is 0 Å². The Morgan fingerprint density at radius 3 is 2.38 bits per heavy atom. The monoisotopic (exact) mass is 587 g/mol. The van der Waals surface area contributed by atoms with Gasteiger partial charge in [0, 0.05) is 27.1 Å². The van der Waals surface area contributed by atoms with Crippen molar-refractivity contribution in [1.82, 2.24) is 0 Å². The van der Waals surface area contributed by atoms with Crippen LogP contribution in [-0.2, 0) is 19.2 Å². The van der Waals surface area contributed by atoms with Crippen LogP contribution in [0.4, 0.5) is 5.69 Å². The van der Waals surface area contributed by atoms with Crippen LogP contribution >= 0.6 is 15.9 Å². The van der Waals surface area contributed by atoms with E-state index in [-0.39, 0.29) is 48.9 Å². The summed E-state index contributed by atoms with van der Waals surface area (Å²) in [4.78, 5) is 55.4. The second-order valence-corrected chi connectivity index (χ2v) is 11.3. The number of aliphatic hydroxyl groups is 1. The van der Waals surface area contributed by atoms with Crippen LogP contribution in [0.15, 0.2) is 87.4 Å². The fraction of sp³-hybridized carbons (Fsp3) is 0.290. The Labute approximate surface area is 234 Å². The molecule has 8 heteroatoms. The number of aliphatic hydroxyl groups excluding tert-OH is 1. The number of hydrogen-bond donors (Lipinski definition) is 1. The van der Waals surface area contributed by atoms with E-state index in [1.165, 1.54) is 11.0 Å². The number of ether oxygens (including phenoxy) is 1. The highest BCUT2D eigenvalue weighted by molar-refractivity contribution is 9.10. The number of rotatable bonds is 5. The van der Waals surface area contributed by atoms with Crippen LogP contribution in [0, 0.1) is 17.8 Å². The molecule has 0 radical (unpaired) electrons. The number of allylic oxidation sites excluding steroid dienone is 6. The van der Waals surface area contributed by atoms with Gasteiger partial charge in [-0.2, -0.15) is 0 Å². The van der Waals surface area contributed by atoms with Gasteiger partial charge in [0.2, 0.25) is 11.8 Å². The number of carbonyl (C=O) groups excluding carboxylic acids is 4. The van der Waals surface area contributed by atoms with Gasteiger partial charge in [0.25, 0.3) is 0 Å². The number of nitrogens with zero attached hydrogens (tertiary/aromatic N) is 1. The third-order valence-corrected chi connectivity index (χ3v) is 8.75. The van der Waals surface area contributed by atoms with E-state index in [1.54, 1.807) is 43.3 Å². The molecule has 0 saturated carbocycles. The van der Waals surface area contributed by atoms with Crippen LogP contribution < -0.4 is 9.64 Å². The van der Waals surface area contributed by atoms with Crippen LogP contribution in [0.2, 0.25) is 0 Å². The van der Waals surface area contributed by atoms with Crippen molar-refractivity contribution in [3.8, 4) is 5.75 Å². The van der Waals surface area contributed by atoms with Gasteiger partial charge in [0.15, 0.2) is 11.6 Å². The van der Waals surface area contributed by atoms with Gasteiger partial charge >= 0.3 is 0 Å². The highest BCUT2D eigenvalue weighted by Gasteiger charge is 2.56. The molecule has 2 aromatic rings. The van der Waals surface area contributed by atoms with Crippen molar-refractivity contribution in [2.24, 2.45) is 17.8 Å². The Bertz CT molecular complexity index is 1500. The van der Waals surface area contributed by atoms with Crippen molar-refractivity contribution in [2.75, 3.05) is 18.1 Å². The first-order valence-electron chi connectivity index (χ1n) is 13.0. The van der Waals surface area contributed by atoms with Crippen LogP contribution in [0.3, 0.4) is 0 Å². The standard InChI is InChI=1S/C31H26BrNO6/c1-16-14-25(35)24-15-23-21(26(28(24)29(16)36)17-2-8-20(9-3-17)39-13-12-34)10-11-22-27(23)31(38)33(30(22)37)19-6-4-18(32)5-7-19/h2-10,14,22-23,26-27,34H,11-13,15H2,1H3/t22-,23+,26-,27-/m0/s1. The summed E-state index contributed by atoms with van der Waals surface area (Å²) in [7, 11) is 0. The van der Waals surface area contributed by atoms with Crippen molar-refractivity contribution in [3.63, 3.8) is 0 Å². The minimum atomic E-state index is -0.611. The molecule has 3 aliphatic carbocycles. The van der Waals surface area contributed by atoms with Crippen molar-refractivity contribution in [2.45, 2.75) is 25.7 Å². The number of fused-ring (bicyclic) bond motifs is 3. The van der Waals surface area contributed by atoms with Gasteiger partial charge in [-0.15, -0.1) is 0 Å². The predicted octanol–water partition coefficient (Wildman–Crippen LogP) is 4.45. The van der Waals surface area contributed by atoms with Gasteiger partial charge in [-0.05, 0) is 73.7 Å². The highest BCUT2D eigenvalue weighted by Crippen LogP contribution is 2.55. The quantitative estimate of drug-likeness (QED) is 0.315. The summed E-state index contributed by atoms with van der Waals surface area (Å²) in [6.45, 7) is 1.71. The number of Topliss-reactive ketones (excluding diaryl/α,β-unsaturated/α-hetero) is 1. The summed E-state index contributed by atoms with van der Waals surface area (Å²) in [5, 5.41) is 9.07. The van der Waals surface area contributed by atoms with Crippen LogP contribution in [0.5, 0.6) is 5.75 Å². The summed E-state index contributed by atoms with van der Waals surface area (Å²) in [6.07, 6.45) is 4.03. The Balaban J connectivity index is 1.43. The van der Waals surface area contributed by atoms with Gasteiger partial charge in [0.05, 0.1) is 24.1 Å². The number of carbonyl (C=O) groups is 4. The van der Waals surface area contributed by atoms with E-state index >= 15 is 0 Å². The molecular formula is C31H26BrNO6. The normalized spacial score (nSPS) is 26.2. The summed E-state index contributed by atoms with van der Waals surface area (Å²) in [6, 6.07) is 14.3. The number of halogens is 1. The molecule has 0 unspecified atom stereocenters. The van der Waals surface area contributed by atoms with E-state index in [4.69, 9.17) is 9.84 Å². The number of anilines is 1. The van der Waals surface area contributed by atoms with E-state index in [9.17, 15) is 19.2 Å². The maximum absolute atomic E-state index is 13.9. The Kier molecular flexibility index (Phi) is 6.47. The zero-order valence-electron chi connectivity index (χ0n) is 21.2. The molecule has 39 heavy (non-hydrogen) atoms. The molecule has 6 rings (SSSR count). The minimum Gasteiger partial charge on any atom is -0.491 e. The number of amides is 2. The average Bonchev–Trinajstić information content (AvgIpc) is 3.20. The van der Waals surface area contributed by atoms with E-state index in [0.29, 0.717) is 34.6 Å². The molecule has 1 saturated heterocycles. The van der Waals surface area contributed by atoms with Gasteiger partial charge in [0.1, 0.15) is 12.4 Å². The molecule has 4 atom stereocenters. The van der Waals surface area contributed by atoms with Gasteiger partial charge < -0.3 is 9.84 Å². The molecule has 1 fully saturated rings. The second-order valence-electron chi connectivity index (χ2n) is 10.4. The maximum atomic E-state index is 13.9. The van der Waals surface area contributed by atoms with Gasteiger partial charge in [-0.1, -0.05) is 39.7 Å². The van der Waals surface area contributed by atoms with Crippen LogP contribution in [0.25, 0.3) is 0 Å². The van der Waals surface area contributed by atoms with Crippen LogP contribution in [0.1, 0.15) is 31.2 Å². The van der Waals surface area contributed by atoms with E-state index in [0.717, 1.165) is 15.6 Å². The van der Waals surface area contributed by atoms with Crippen LogP contribution in [-0.4, -0.2) is 41.7 Å². The molecule has 7 nitrogen and oxygen atoms in total. The molecule has 4 aliphatic rings. The van der Waals surface area contributed by atoms with E-state index in [1.807, 2.05) is 18.2 Å². The molecule has 198 valence electrons. The first-order chi connectivity index (χ1) is 18.8. The molecule has 2 aromatic carbocycles. The fourth-order valence-electron chi connectivity index (χ4n) is 6.51. The molecular weight excluding hydrogens is 562 g/mol. The number of ketones is 2. The third kappa shape index (κ3) is 4.13. The summed E-state index contributed by atoms with van der Waals surface area (Å²) >= 11 is 3.40. The zero-order chi connectivity index (χ0) is 27.4. The lowest BCUT2D eigenvalue weighted by Crippen LogP contribution is -2.39. The Morgan fingerprint density at radius 1 is 0.974 bits per heavy atom. The Hall–Kier alpha value is -3.62. The van der Waals surface area contributed by atoms with Crippen molar-refractivity contribution >= 4 is 45.0 Å². The van der Waals surface area contributed by atoms with Crippen molar-refractivity contribution in [3.05, 3.63) is 93.0 Å². The lowest BCUT2D eigenvalue weighted by atomic mass is 9.59. The number of hydrogen-bond acceptors (Lipinski definition) is 6. The maximum Gasteiger partial charge on any atom is 0.238 e. The molecule has 1 heterocycles. The van der Waals surface area contributed by atoms with E-state index in [2.05, 4.69) is 15.9 Å². The van der Waals surface area contributed by atoms with Crippen molar-refractivity contribution in [1.29, 1.82) is 0 Å². The Morgan fingerprint density at radius 2 is 1.69 bits per heavy atom. The third-order valence-electron chi connectivity index (χ3n) is 8.22. The number of imide groups is 1. The van der Waals surface area contributed by atoms with Crippen molar-refractivity contribution < 1.29 is 29.0 Å². The largest absolute Gasteiger partial charge is 0.491 e. The second kappa shape index (κ2) is 9.84. The minimum absolute atomic E-state index is 0.107. The SMILES string of the molecule is CC1=CC(=O)C2=C(C1=O)[C@@H](c1ccc(OCCO)cc1)C1=CC[C@@H]3C(=O)N(c4ccc(Br)cc4)C(=O)[C@@H]3[C@@H]1C2. The first kappa shape index (κ1) is 25.6. The highest BCUT2D eigenvalue weighted by atomic mass is 79.9. The lowest BCUT2D eigenvalue weighted by molar-refractivity contribution is -0.123. The summed E-state index contributed by atoms with van der Waals surface area (Å²) in [5.74, 6) is -2.30. The topological polar surface area (TPSA) is 101 Å². The summed E-state index contributed by atoms with van der Waals surface area (Å²) in [5.41, 5.74) is 3.54. The number of benzene rings is 2. The lowest BCUT2D eigenvalue weighted by Gasteiger charge is -2.42. The molecule has 1 N–H and O–H groups in total.